The minimum atomic E-state index is 0.152. The first kappa shape index (κ1) is 19.7. The van der Waals surface area contributed by atoms with E-state index in [1.807, 2.05) is 18.2 Å². The number of hydrogen-bond donors (Lipinski definition) is 3. The van der Waals surface area contributed by atoms with Crippen LogP contribution in [0, 0.1) is 0 Å². The number of methoxy groups -OCH3 is 1. The molecule has 0 radical (unpaired) electrons. The molecule has 1 saturated heterocycles. The summed E-state index contributed by atoms with van der Waals surface area (Å²) in [4.78, 5) is 3.39. The number of ether oxygens (including phenoxy) is 2. The van der Waals surface area contributed by atoms with E-state index in [2.05, 4.69) is 52.1 Å². The Bertz CT molecular complexity index is 948. The fourth-order valence-electron chi connectivity index (χ4n) is 3.89. The van der Waals surface area contributed by atoms with Gasteiger partial charge in [-0.05, 0) is 54.4 Å². The highest BCUT2D eigenvalue weighted by atomic mass is 32.1. The van der Waals surface area contributed by atoms with Gasteiger partial charge < -0.3 is 25.1 Å². The number of aromatic amines is 1. The van der Waals surface area contributed by atoms with Gasteiger partial charge >= 0.3 is 0 Å². The molecule has 4 rings (SSSR count). The molecule has 0 bridgehead atoms. The van der Waals surface area contributed by atoms with Crippen LogP contribution in [0.3, 0.4) is 0 Å². The summed E-state index contributed by atoms with van der Waals surface area (Å²) in [7, 11) is 1.69. The number of rotatable bonds is 7. The van der Waals surface area contributed by atoms with Crippen LogP contribution in [0.15, 0.2) is 54.7 Å². The second kappa shape index (κ2) is 9.29. The Hall–Kier alpha value is -2.57. The molecule has 1 aliphatic heterocycles. The van der Waals surface area contributed by atoms with Gasteiger partial charge in [-0.15, -0.1) is 0 Å². The van der Waals surface area contributed by atoms with Gasteiger partial charge in [0.25, 0.3) is 0 Å². The molecule has 0 spiro atoms. The van der Waals surface area contributed by atoms with Crippen molar-refractivity contribution < 1.29 is 9.47 Å². The van der Waals surface area contributed by atoms with Crippen molar-refractivity contribution in [2.24, 2.45) is 0 Å². The first-order valence-electron chi connectivity index (χ1n) is 10.1. The molecular formula is C23H27N3O2S. The van der Waals surface area contributed by atoms with Crippen LogP contribution in [-0.2, 0) is 4.74 Å². The van der Waals surface area contributed by atoms with E-state index in [4.69, 9.17) is 21.7 Å². The second-order valence-electron chi connectivity index (χ2n) is 7.34. The SMILES string of the molecule is COc1ccc([C@@H](CNC(=S)NC[C@H]2CCCO2)c2c[nH]c3ccccc23)cc1. The maximum absolute atomic E-state index is 5.66. The molecule has 1 aliphatic rings. The van der Waals surface area contributed by atoms with Crippen molar-refractivity contribution in [1.82, 2.24) is 15.6 Å². The lowest BCUT2D eigenvalue weighted by Crippen LogP contribution is -2.41. The van der Waals surface area contributed by atoms with Gasteiger partial charge in [-0.25, -0.2) is 0 Å². The van der Waals surface area contributed by atoms with Crippen LogP contribution in [0.25, 0.3) is 10.9 Å². The van der Waals surface area contributed by atoms with Crippen LogP contribution in [0.4, 0.5) is 0 Å². The van der Waals surface area contributed by atoms with Gasteiger partial charge in [0, 0.05) is 42.7 Å². The summed E-state index contributed by atoms with van der Waals surface area (Å²) >= 11 is 5.52. The molecule has 3 aromatic rings. The Morgan fingerprint density at radius 3 is 2.79 bits per heavy atom. The maximum Gasteiger partial charge on any atom is 0.166 e. The van der Waals surface area contributed by atoms with Gasteiger partial charge in [-0.1, -0.05) is 30.3 Å². The van der Waals surface area contributed by atoms with Crippen molar-refractivity contribution in [3.05, 3.63) is 65.9 Å². The summed E-state index contributed by atoms with van der Waals surface area (Å²) in [6, 6.07) is 16.6. The average Bonchev–Trinajstić information content (AvgIpc) is 3.43. The molecule has 29 heavy (non-hydrogen) atoms. The van der Waals surface area contributed by atoms with Gasteiger partial charge in [-0.2, -0.15) is 0 Å². The zero-order valence-corrected chi connectivity index (χ0v) is 17.4. The largest absolute Gasteiger partial charge is 0.497 e. The van der Waals surface area contributed by atoms with Gasteiger partial charge in [-0.3, -0.25) is 0 Å². The van der Waals surface area contributed by atoms with Crippen molar-refractivity contribution in [3.63, 3.8) is 0 Å². The lowest BCUT2D eigenvalue weighted by molar-refractivity contribution is 0.114. The number of benzene rings is 2. The van der Waals surface area contributed by atoms with Crippen LogP contribution in [-0.4, -0.2) is 43.0 Å². The van der Waals surface area contributed by atoms with Crippen molar-refractivity contribution in [3.8, 4) is 5.75 Å². The predicted octanol–water partition coefficient (Wildman–Crippen LogP) is 3.95. The number of nitrogens with one attached hydrogen (secondary N) is 3. The molecule has 5 nitrogen and oxygen atoms in total. The van der Waals surface area contributed by atoms with E-state index in [0.717, 1.165) is 37.3 Å². The number of thiocarbonyl (C=S) groups is 1. The molecule has 0 amide bonds. The third-order valence-electron chi connectivity index (χ3n) is 5.50. The zero-order valence-electron chi connectivity index (χ0n) is 16.6. The fourth-order valence-corrected chi connectivity index (χ4v) is 4.06. The Morgan fingerprint density at radius 1 is 1.21 bits per heavy atom. The molecule has 2 aromatic carbocycles. The summed E-state index contributed by atoms with van der Waals surface area (Å²) in [5, 5.41) is 8.60. The smallest absolute Gasteiger partial charge is 0.166 e. The van der Waals surface area contributed by atoms with Crippen LogP contribution in [0.5, 0.6) is 5.75 Å². The third-order valence-corrected chi connectivity index (χ3v) is 5.78. The Kier molecular flexibility index (Phi) is 6.32. The molecule has 0 unspecified atom stereocenters. The average molecular weight is 410 g/mol. The Labute approximate surface area is 176 Å². The third kappa shape index (κ3) is 4.71. The highest BCUT2D eigenvalue weighted by Gasteiger charge is 2.19. The Morgan fingerprint density at radius 2 is 2.03 bits per heavy atom. The van der Waals surface area contributed by atoms with Crippen LogP contribution in [0.1, 0.15) is 29.9 Å². The molecule has 6 heteroatoms. The highest BCUT2D eigenvalue weighted by molar-refractivity contribution is 7.80. The van der Waals surface area contributed by atoms with Gasteiger partial charge in [0.2, 0.25) is 0 Å². The van der Waals surface area contributed by atoms with E-state index >= 15 is 0 Å². The first-order chi connectivity index (χ1) is 14.2. The molecule has 0 saturated carbocycles. The van der Waals surface area contributed by atoms with E-state index in [9.17, 15) is 0 Å². The van der Waals surface area contributed by atoms with E-state index in [1.54, 1.807) is 7.11 Å². The van der Waals surface area contributed by atoms with Crippen molar-refractivity contribution in [1.29, 1.82) is 0 Å². The van der Waals surface area contributed by atoms with Crippen LogP contribution in [0.2, 0.25) is 0 Å². The topological polar surface area (TPSA) is 58.3 Å². The number of aromatic nitrogens is 1. The van der Waals surface area contributed by atoms with E-state index in [1.165, 1.54) is 16.5 Å². The highest BCUT2D eigenvalue weighted by Crippen LogP contribution is 2.31. The zero-order chi connectivity index (χ0) is 20.1. The van der Waals surface area contributed by atoms with Gasteiger partial charge in [0.15, 0.2) is 5.11 Å². The monoisotopic (exact) mass is 409 g/mol. The molecule has 2 atom stereocenters. The number of para-hydroxylation sites is 1. The van der Waals surface area contributed by atoms with Crippen LogP contribution >= 0.6 is 12.2 Å². The van der Waals surface area contributed by atoms with Crippen molar-refractivity contribution in [2.45, 2.75) is 24.9 Å². The normalized spacial score (nSPS) is 17.2. The number of hydrogen-bond acceptors (Lipinski definition) is 3. The molecule has 0 aliphatic carbocycles. The predicted molar refractivity (Wildman–Crippen MR) is 121 cm³/mol. The summed E-state index contributed by atoms with van der Waals surface area (Å²) in [6.45, 7) is 2.31. The van der Waals surface area contributed by atoms with Crippen molar-refractivity contribution >= 4 is 28.2 Å². The van der Waals surface area contributed by atoms with E-state index in [-0.39, 0.29) is 12.0 Å². The molecule has 1 fully saturated rings. The van der Waals surface area contributed by atoms with Gasteiger partial charge in [0.1, 0.15) is 5.75 Å². The summed E-state index contributed by atoms with van der Waals surface area (Å²) in [5.74, 6) is 1.01. The van der Waals surface area contributed by atoms with E-state index in [0.29, 0.717) is 11.7 Å². The summed E-state index contributed by atoms with van der Waals surface area (Å²) in [6.07, 6.45) is 4.59. The minimum Gasteiger partial charge on any atom is -0.497 e. The molecule has 3 N–H and O–H groups in total. The minimum absolute atomic E-state index is 0.152. The molecular weight excluding hydrogens is 382 g/mol. The van der Waals surface area contributed by atoms with Crippen molar-refractivity contribution in [2.75, 3.05) is 26.8 Å². The quantitative estimate of drug-likeness (QED) is 0.516. The number of fused-ring (bicyclic) bond motifs is 1. The summed E-state index contributed by atoms with van der Waals surface area (Å²) < 4.78 is 11.0. The van der Waals surface area contributed by atoms with Crippen LogP contribution < -0.4 is 15.4 Å². The molecule has 1 aromatic heterocycles. The lowest BCUT2D eigenvalue weighted by Gasteiger charge is -2.20. The second-order valence-corrected chi connectivity index (χ2v) is 7.75. The maximum atomic E-state index is 5.66. The standard InChI is InChI=1S/C23H27N3O2S/c1-27-17-10-8-16(9-11-17)20(21-15-24-22-7-3-2-6-19(21)22)14-26-23(29)25-13-18-5-4-12-28-18/h2-3,6-11,15,18,20,24H,4-5,12-14H2,1H3,(H2,25,26,29)/t18-,20-/m1/s1. The summed E-state index contributed by atoms with van der Waals surface area (Å²) in [5.41, 5.74) is 3.60. The van der Waals surface area contributed by atoms with E-state index < -0.39 is 0 Å². The fraction of sp³-hybridized carbons (Fsp3) is 0.348. The Balaban J connectivity index is 1.50. The molecule has 152 valence electrons. The lowest BCUT2D eigenvalue weighted by atomic mass is 9.91. The first-order valence-corrected chi connectivity index (χ1v) is 10.5. The van der Waals surface area contributed by atoms with Gasteiger partial charge in [0.05, 0.1) is 13.2 Å². The molecule has 2 heterocycles. The number of H-pyrrole nitrogens is 1.